The van der Waals surface area contributed by atoms with Gasteiger partial charge in [0.05, 0.1) is 45.3 Å². The van der Waals surface area contributed by atoms with Crippen LogP contribution < -0.4 is 9.47 Å². The van der Waals surface area contributed by atoms with Crippen LogP contribution >= 0.6 is 17.0 Å². The lowest BCUT2D eigenvalue weighted by Crippen LogP contribution is -2.24. The zero-order valence-electron chi connectivity index (χ0n) is 22.1. The molecule has 2 aromatic carbocycles. The lowest BCUT2D eigenvalue weighted by atomic mass is 9.78. The Morgan fingerprint density at radius 1 is 0.750 bits per heavy atom. The Hall–Kier alpha value is -1.97. The highest BCUT2D eigenvalue weighted by Crippen LogP contribution is 2.42. The van der Waals surface area contributed by atoms with Gasteiger partial charge in [0.15, 0.2) is 0 Å². The molecule has 0 fully saturated rings. The molecule has 0 unspecified atom stereocenters. The molecule has 2 aromatic rings. The number of hydrogen-bond donors (Lipinski definition) is 0. The Morgan fingerprint density at radius 3 is 1.86 bits per heavy atom. The molecule has 0 spiro atoms. The molecular weight excluding hydrogens is 526 g/mol. The Bertz CT molecular complexity index is 944. The van der Waals surface area contributed by atoms with Gasteiger partial charge in [0.25, 0.3) is 0 Å². The van der Waals surface area contributed by atoms with E-state index in [9.17, 15) is 0 Å². The maximum absolute atomic E-state index is 6.00. The highest BCUT2D eigenvalue weighted by molar-refractivity contribution is 8.93. The lowest BCUT2D eigenvalue weighted by molar-refractivity contribution is 0.0532. The normalized spacial score (nSPS) is 13.6. The summed E-state index contributed by atoms with van der Waals surface area (Å²) in [4.78, 5) is 4.81. The van der Waals surface area contributed by atoms with Crippen molar-refractivity contribution < 1.29 is 28.4 Å². The summed E-state index contributed by atoms with van der Waals surface area (Å²) in [5, 5.41) is 0. The van der Waals surface area contributed by atoms with Gasteiger partial charge in [-0.1, -0.05) is 26.0 Å². The zero-order valence-corrected chi connectivity index (χ0v) is 23.8. The van der Waals surface area contributed by atoms with Gasteiger partial charge >= 0.3 is 0 Å². The molecule has 7 nitrogen and oxygen atoms in total. The van der Waals surface area contributed by atoms with E-state index < -0.39 is 0 Å². The number of halogens is 1. The van der Waals surface area contributed by atoms with Crippen molar-refractivity contribution in [1.29, 1.82) is 0 Å². The summed E-state index contributed by atoms with van der Waals surface area (Å²) in [5.41, 5.74) is 5.80. The fourth-order valence-corrected chi connectivity index (χ4v) is 4.09. The number of aliphatic imine (C=N–C) groups is 1. The molecule has 0 radical (unpaired) electrons. The average molecular weight is 567 g/mol. The van der Waals surface area contributed by atoms with Crippen LogP contribution in [-0.2, 0) is 30.8 Å². The van der Waals surface area contributed by atoms with E-state index in [2.05, 4.69) is 51.1 Å². The number of nitrogens with zero attached hydrogens (tertiary/aromatic N) is 1. The Labute approximate surface area is 225 Å². The second kappa shape index (κ2) is 15.3. The molecule has 1 aliphatic heterocycles. The van der Waals surface area contributed by atoms with Crippen molar-refractivity contribution in [2.24, 2.45) is 4.99 Å². The van der Waals surface area contributed by atoms with Gasteiger partial charge in [0.2, 0.25) is 0 Å². The fourth-order valence-electron chi connectivity index (χ4n) is 4.09. The van der Waals surface area contributed by atoms with Crippen LogP contribution in [0.2, 0.25) is 0 Å². The summed E-state index contributed by atoms with van der Waals surface area (Å²) < 4.78 is 33.1. The Morgan fingerprint density at radius 2 is 1.31 bits per heavy atom. The third kappa shape index (κ3) is 8.56. The van der Waals surface area contributed by atoms with Crippen molar-refractivity contribution in [3.05, 3.63) is 53.1 Å². The quantitative estimate of drug-likeness (QED) is 0.256. The highest BCUT2D eigenvalue weighted by Gasteiger charge is 2.34. The van der Waals surface area contributed by atoms with E-state index in [1.54, 1.807) is 14.2 Å². The number of rotatable bonds is 16. The minimum atomic E-state index is -0.0849. The standard InChI is InChI=1S/C28H39NO6.BrH/c1-21-28(2,3)27-23(7-6-8-26(27)29-21)17-22-18-24(34-15-13-32-11-9-30-4)20-25(19-22)35-16-14-33-12-10-31-5;/h6-8,18-20H,9-17H2,1-5H3;1H. The van der Waals surface area contributed by atoms with Crippen molar-refractivity contribution in [1.82, 2.24) is 0 Å². The molecule has 1 aliphatic rings. The first-order chi connectivity index (χ1) is 17.0. The lowest BCUT2D eigenvalue weighted by Gasteiger charge is -2.23. The molecule has 0 saturated heterocycles. The van der Waals surface area contributed by atoms with Crippen LogP contribution in [0.25, 0.3) is 0 Å². The molecule has 0 atom stereocenters. The smallest absolute Gasteiger partial charge is 0.123 e. The third-order valence-corrected chi connectivity index (χ3v) is 6.14. The van der Waals surface area contributed by atoms with Gasteiger partial charge in [-0.25, -0.2) is 0 Å². The van der Waals surface area contributed by atoms with Crippen LogP contribution in [0.15, 0.2) is 41.4 Å². The summed E-state index contributed by atoms with van der Waals surface area (Å²) in [6.45, 7) is 10.7. The van der Waals surface area contributed by atoms with Gasteiger partial charge in [-0.2, -0.15) is 0 Å². The van der Waals surface area contributed by atoms with Gasteiger partial charge in [-0.05, 0) is 48.2 Å². The maximum Gasteiger partial charge on any atom is 0.123 e. The topological polar surface area (TPSA) is 67.7 Å². The van der Waals surface area contributed by atoms with E-state index in [-0.39, 0.29) is 22.4 Å². The molecule has 36 heavy (non-hydrogen) atoms. The number of methoxy groups -OCH3 is 2. The van der Waals surface area contributed by atoms with Gasteiger partial charge < -0.3 is 28.4 Å². The molecule has 1 heterocycles. The second-order valence-electron chi connectivity index (χ2n) is 9.03. The van der Waals surface area contributed by atoms with Gasteiger partial charge in [0.1, 0.15) is 24.7 Å². The number of hydrogen-bond acceptors (Lipinski definition) is 7. The van der Waals surface area contributed by atoms with E-state index in [1.165, 1.54) is 11.1 Å². The summed E-state index contributed by atoms with van der Waals surface area (Å²) in [6, 6.07) is 12.4. The molecular formula is C28H40BrNO6. The van der Waals surface area contributed by atoms with Crippen molar-refractivity contribution in [2.75, 3.05) is 67.1 Å². The molecule has 0 saturated carbocycles. The summed E-state index contributed by atoms with van der Waals surface area (Å²) >= 11 is 0. The van der Waals surface area contributed by atoms with Crippen molar-refractivity contribution >= 4 is 28.4 Å². The van der Waals surface area contributed by atoms with Gasteiger partial charge in [0, 0.05) is 31.4 Å². The summed E-state index contributed by atoms with van der Waals surface area (Å²) in [6.07, 6.45) is 0.762. The van der Waals surface area contributed by atoms with Crippen LogP contribution in [0.3, 0.4) is 0 Å². The minimum absolute atomic E-state index is 0. The van der Waals surface area contributed by atoms with Crippen LogP contribution in [0.4, 0.5) is 5.69 Å². The van der Waals surface area contributed by atoms with Crippen LogP contribution in [-0.4, -0.2) is 72.8 Å². The highest BCUT2D eigenvalue weighted by atomic mass is 79.9. The fraction of sp³-hybridized carbons (Fsp3) is 0.536. The predicted molar refractivity (Wildman–Crippen MR) is 148 cm³/mol. The molecule has 8 heteroatoms. The molecule has 0 N–H and O–H groups in total. The Balaban J connectivity index is 0.00000456. The van der Waals surface area contributed by atoms with Crippen molar-refractivity contribution in [2.45, 2.75) is 32.6 Å². The van der Waals surface area contributed by atoms with E-state index in [4.69, 9.17) is 33.4 Å². The van der Waals surface area contributed by atoms with Crippen molar-refractivity contribution in [3.8, 4) is 11.5 Å². The van der Waals surface area contributed by atoms with E-state index in [0.29, 0.717) is 52.9 Å². The molecule has 0 aliphatic carbocycles. The monoisotopic (exact) mass is 565 g/mol. The first-order valence-corrected chi connectivity index (χ1v) is 12.2. The van der Waals surface area contributed by atoms with E-state index in [0.717, 1.165) is 34.9 Å². The van der Waals surface area contributed by atoms with Crippen molar-refractivity contribution in [3.63, 3.8) is 0 Å². The predicted octanol–water partition coefficient (Wildman–Crippen LogP) is 5.32. The van der Waals surface area contributed by atoms with Gasteiger partial charge in [-0.3, -0.25) is 4.99 Å². The molecule has 3 rings (SSSR count). The summed E-state index contributed by atoms with van der Waals surface area (Å²) in [7, 11) is 3.32. The first kappa shape index (κ1) is 30.3. The molecule has 0 bridgehead atoms. The number of benzene rings is 2. The first-order valence-electron chi connectivity index (χ1n) is 12.2. The number of ether oxygens (including phenoxy) is 6. The maximum atomic E-state index is 6.00. The average Bonchev–Trinajstić information content (AvgIpc) is 3.07. The van der Waals surface area contributed by atoms with Crippen LogP contribution in [0, 0.1) is 0 Å². The molecule has 200 valence electrons. The minimum Gasteiger partial charge on any atom is -0.491 e. The molecule has 0 amide bonds. The molecule has 0 aromatic heterocycles. The second-order valence-corrected chi connectivity index (χ2v) is 9.03. The van der Waals surface area contributed by atoms with E-state index >= 15 is 0 Å². The van der Waals surface area contributed by atoms with Crippen LogP contribution in [0.1, 0.15) is 37.5 Å². The zero-order chi connectivity index (χ0) is 25.1. The van der Waals surface area contributed by atoms with E-state index in [1.807, 2.05) is 6.07 Å². The number of fused-ring (bicyclic) bond motifs is 1. The van der Waals surface area contributed by atoms with Gasteiger partial charge in [-0.15, -0.1) is 17.0 Å². The Kier molecular flexibility index (Phi) is 12.9. The third-order valence-electron chi connectivity index (χ3n) is 6.14. The van der Waals surface area contributed by atoms with Crippen LogP contribution in [0.5, 0.6) is 11.5 Å². The summed E-state index contributed by atoms with van der Waals surface area (Å²) in [5.74, 6) is 1.51. The largest absolute Gasteiger partial charge is 0.491 e. The SMILES string of the molecule is Br.COCCOCCOc1cc(Cc2cccc3c2C(C)(C)C(C)=N3)cc(OCCOCCOC)c1.